The number of nitrogens with one attached hydrogen (secondary N) is 1. The van der Waals surface area contributed by atoms with Crippen molar-refractivity contribution >= 4 is 15.9 Å². The van der Waals surface area contributed by atoms with Crippen LogP contribution in [0.2, 0.25) is 0 Å². The van der Waals surface area contributed by atoms with Crippen molar-refractivity contribution in [1.82, 2.24) is 9.62 Å². The quantitative estimate of drug-likeness (QED) is 0.788. The maximum atomic E-state index is 13.0. The van der Waals surface area contributed by atoms with Gasteiger partial charge in [-0.25, -0.2) is 8.42 Å². The number of aliphatic hydroxyl groups excluding tert-OH is 1. The molecule has 0 spiro atoms. The summed E-state index contributed by atoms with van der Waals surface area (Å²) in [5, 5.41) is 12.8. The lowest BCUT2D eigenvalue weighted by Gasteiger charge is -2.34. The molecule has 1 aromatic rings. The van der Waals surface area contributed by atoms with Gasteiger partial charge in [0.2, 0.25) is 10.0 Å². The van der Waals surface area contributed by atoms with E-state index in [2.05, 4.69) is 5.32 Å². The minimum atomic E-state index is -3.83. The SMILES string of the molecule is CCNC(=O)c1cc(S(=O)(=O)N(C)[C@@H]2CCCC[C@H]2O)ccc1OC. The lowest BCUT2D eigenvalue weighted by Crippen LogP contribution is -2.46. The third-order valence-electron chi connectivity index (χ3n) is 4.59. The number of hydrogen-bond donors (Lipinski definition) is 2. The van der Waals surface area contributed by atoms with Crippen molar-refractivity contribution in [3.63, 3.8) is 0 Å². The van der Waals surface area contributed by atoms with Gasteiger partial charge in [-0.05, 0) is 38.0 Å². The van der Waals surface area contributed by atoms with Gasteiger partial charge in [-0.15, -0.1) is 0 Å². The number of rotatable bonds is 6. The van der Waals surface area contributed by atoms with Crippen molar-refractivity contribution in [3.05, 3.63) is 23.8 Å². The molecule has 0 bridgehead atoms. The number of methoxy groups -OCH3 is 1. The van der Waals surface area contributed by atoms with Crippen LogP contribution in [0.5, 0.6) is 5.75 Å². The molecule has 1 saturated carbocycles. The molecular weight excluding hydrogens is 344 g/mol. The summed E-state index contributed by atoms with van der Waals surface area (Å²) in [6, 6.07) is 3.77. The molecule has 2 rings (SSSR count). The monoisotopic (exact) mass is 370 g/mol. The number of benzene rings is 1. The van der Waals surface area contributed by atoms with Gasteiger partial charge < -0.3 is 15.2 Å². The maximum absolute atomic E-state index is 13.0. The predicted octanol–water partition coefficient (Wildman–Crippen LogP) is 1.37. The van der Waals surface area contributed by atoms with Crippen molar-refractivity contribution in [3.8, 4) is 5.75 Å². The van der Waals surface area contributed by atoms with Gasteiger partial charge in [0.15, 0.2) is 0 Å². The first kappa shape index (κ1) is 19.7. The first-order valence-electron chi connectivity index (χ1n) is 8.45. The maximum Gasteiger partial charge on any atom is 0.255 e. The minimum absolute atomic E-state index is 0.00910. The summed E-state index contributed by atoms with van der Waals surface area (Å²) in [5.41, 5.74) is 0.169. The van der Waals surface area contributed by atoms with Crippen molar-refractivity contribution < 1.29 is 23.1 Å². The summed E-state index contributed by atoms with van der Waals surface area (Å²) in [4.78, 5) is 12.2. The summed E-state index contributed by atoms with van der Waals surface area (Å²) < 4.78 is 32.3. The molecule has 1 fully saturated rings. The Morgan fingerprint density at radius 1 is 1.36 bits per heavy atom. The van der Waals surface area contributed by atoms with Crippen LogP contribution in [0.15, 0.2) is 23.1 Å². The Morgan fingerprint density at radius 3 is 2.64 bits per heavy atom. The van der Waals surface area contributed by atoms with E-state index < -0.39 is 28.1 Å². The average Bonchev–Trinajstić information content (AvgIpc) is 2.61. The van der Waals surface area contributed by atoms with E-state index in [0.29, 0.717) is 25.1 Å². The fourth-order valence-corrected chi connectivity index (χ4v) is 4.58. The number of carbonyl (C=O) groups is 1. The van der Waals surface area contributed by atoms with E-state index in [1.807, 2.05) is 0 Å². The van der Waals surface area contributed by atoms with Gasteiger partial charge >= 0.3 is 0 Å². The minimum Gasteiger partial charge on any atom is -0.496 e. The molecule has 1 aliphatic carbocycles. The lowest BCUT2D eigenvalue weighted by atomic mass is 9.93. The number of nitrogens with zero attached hydrogens (tertiary/aromatic N) is 1. The molecular formula is C17H26N2O5S. The zero-order valence-electron chi connectivity index (χ0n) is 14.9. The van der Waals surface area contributed by atoms with Gasteiger partial charge in [0.05, 0.1) is 29.7 Å². The summed E-state index contributed by atoms with van der Waals surface area (Å²) in [7, 11) is -0.926. The molecule has 140 valence electrons. The third kappa shape index (κ3) is 4.13. The molecule has 25 heavy (non-hydrogen) atoms. The highest BCUT2D eigenvalue weighted by Crippen LogP contribution is 2.29. The lowest BCUT2D eigenvalue weighted by molar-refractivity contribution is 0.0638. The first-order valence-corrected chi connectivity index (χ1v) is 9.89. The van der Waals surface area contributed by atoms with Crippen LogP contribution in [0.3, 0.4) is 0 Å². The molecule has 0 unspecified atom stereocenters. The van der Waals surface area contributed by atoms with E-state index in [4.69, 9.17) is 4.74 Å². The molecule has 7 nitrogen and oxygen atoms in total. The number of hydrogen-bond acceptors (Lipinski definition) is 5. The van der Waals surface area contributed by atoms with Gasteiger partial charge in [0.1, 0.15) is 5.75 Å². The summed E-state index contributed by atoms with van der Waals surface area (Å²) >= 11 is 0. The topological polar surface area (TPSA) is 95.9 Å². The Hall–Kier alpha value is -1.64. The smallest absolute Gasteiger partial charge is 0.255 e. The van der Waals surface area contributed by atoms with E-state index in [-0.39, 0.29) is 10.5 Å². The van der Waals surface area contributed by atoms with Crippen molar-refractivity contribution in [2.45, 2.75) is 49.6 Å². The molecule has 2 atom stereocenters. The van der Waals surface area contributed by atoms with Gasteiger partial charge in [-0.3, -0.25) is 4.79 Å². The van der Waals surface area contributed by atoms with Crippen LogP contribution in [-0.4, -0.2) is 56.6 Å². The molecule has 2 N–H and O–H groups in total. The molecule has 1 aliphatic rings. The Bertz CT molecular complexity index is 720. The zero-order chi connectivity index (χ0) is 18.6. The van der Waals surface area contributed by atoms with Gasteiger partial charge in [0.25, 0.3) is 5.91 Å². The number of aliphatic hydroxyl groups is 1. The van der Waals surface area contributed by atoms with Crippen LogP contribution >= 0.6 is 0 Å². The van der Waals surface area contributed by atoms with Crippen LogP contribution in [0.25, 0.3) is 0 Å². The largest absolute Gasteiger partial charge is 0.496 e. The van der Waals surface area contributed by atoms with Gasteiger partial charge in [-0.2, -0.15) is 4.31 Å². The van der Waals surface area contributed by atoms with Crippen LogP contribution in [0.4, 0.5) is 0 Å². The zero-order valence-corrected chi connectivity index (χ0v) is 15.7. The Morgan fingerprint density at radius 2 is 2.04 bits per heavy atom. The van der Waals surface area contributed by atoms with Crippen LogP contribution < -0.4 is 10.1 Å². The van der Waals surface area contributed by atoms with E-state index in [9.17, 15) is 18.3 Å². The second-order valence-corrected chi connectivity index (χ2v) is 8.16. The Labute approximate surface area is 149 Å². The normalized spacial score (nSPS) is 21.2. The van der Waals surface area contributed by atoms with Crippen molar-refractivity contribution in [2.75, 3.05) is 20.7 Å². The van der Waals surface area contributed by atoms with Crippen LogP contribution in [0.1, 0.15) is 43.0 Å². The fraction of sp³-hybridized carbons (Fsp3) is 0.588. The summed E-state index contributed by atoms with van der Waals surface area (Å²) in [6.45, 7) is 2.20. The fourth-order valence-electron chi connectivity index (χ4n) is 3.14. The number of sulfonamides is 1. The van der Waals surface area contributed by atoms with Crippen molar-refractivity contribution in [1.29, 1.82) is 0 Å². The number of amides is 1. The molecule has 1 aromatic carbocycles. The Kier molecular flexibility index (Phi) is 6.42. The van der Waals surface area contributed by atoms with Gasteiger partial charge in [-0.1, -0.05) is 12.8 Å². The molecule has 0 aromatic heterocycles. The van der Waals surface area contributed by atoms with Crippen LogP contribution in [-0.2, 0) is 10.0 Å². The standard InChI is InChI=1S/C17H26N2O5S/c1-4-18-17(21)13-11-12(9-10-16(13)24-3)25(22,23)19(2)14-7-5-6-8-15(14)20/h9-11,14-15,20H,4-8H2,1-3H3,(H,18,21)/t14-,15-/m1/s1. The predicted molar refractivity (Wildman–Crippen MR) is 94.2 cm³/mol. The van der Waals surface area contributed by atoms with E-state index in [1.54, 1.807) is 6.92 Å². The summed E-state index contributed by atoms with van der Waals surface area (Å²) in [5.74, 6) is -0.0815. The van der Waals surface area contributed by atoms with E-state index >= 15 is 0 Å². The van der Waals surface area contributed by atoms with E-state index in [1.165, 1.54) is 36.7 Å². The van der Waals surface area contributed by atoms with Gasteiger partial charge in [0, 0.05) is 13.6 Å². The highest BCUT2D eigenvalue weighted by atomic mass is 32.2. The molecule has 0 aliphatic heterocycles. The second-order valence-electron chi connectivity index (χ2n) is 6.16. The molecule has 0 heterocycles. The molecule has 1 amide bonds. The Balaban J connectivity index is 2.38. The highest BCUT2D eigenvalue weighted by Gasteiger charge is 2.34. The number of likely N-dealkylation sites (N-methyl/N-ethyl adjacent to an activating group) is 1. The summed E-state index contributed by atoms with van der Waals surface area (Å²) in [6.07, 6.45) is 2.33. The number of ether oxygens (including phenoxy) is 1. The van der Waals surface area contributed by atoms with Crippen LogP contribution in [0, 0.1) is 0 Å². The molecule has 8 heteroatoms. The van der Waals surface area contributed by atoms with E-state index in [0.717, 1.165) is 12.8 Å². The number of carbonyl (C=O) groups excluding carboxylic acids is 1. The third-order valence-corrected chi connectivity index (χ3v) is 6.47. The molecule has 0 saturated heterocycles. The molecule has 0 radical (unpaired) electrons. The highest BCUT2D eigenvalue weighted by molar-refractivity contribution is 7.89. The van der Waals surface area contributed by atoms with Crippen molar-refractivity contribution in [2.24, 2.45) is 0 Å². The second kappa shape index (κ2) is 8.16. The average molecular weight is 370 g/mol. The first-order chi connectivity index (χ1) is 11.8.